The monoisotopic (exact) mass is 207 g/mol. The van der Waals surface area contributed by atoms with Crippen LogP contribution >= 0.6 is 0 Å². The maximum Gasteiger partial charge on any atom is 0.00134 e. The van der Waals surface area contributed by atoms with Crippen LogP contribution in [-0.4, -0.2) is 6.04 Å². The van der Waals surface area contributed by atoms with Crippen LogP contribution in [-0.2, 0) is 0 Å². The topological polar surface area (TPSA) is 26.0 Å². The van der Waals surface area contributed by atoms with Crippen LogP contribution < -0.4 is 5.73 Å². The van der Waals surface area contributed by atoms with E-state index in [9.17, 15) is 0 Å². The third kappa shape index (κ3) is 1.54. The van der Waals surface area contributed by atoms with Gasteiger partial charge in [0, 0.05) is 6.04 Å². The summed E-state index contributed by atoms with van der Waals surface area (Å²) in [6.45, 7) is 4.75. The normalized spacial score (nSPS) is 54.6. The minimum atomic E-state index is 0.407. The molecular weight excluding hydrogens is 182 g/mol. The van der Waals surface area contributed by atoms with Gasteiger partial charge in [0.1, 0.15) is 0 Å². The maximum atomic E-state index is 6.03. The van der Waals surface area contributed by atoms with E-state index in [0.29, 0.717) is 11.5 Å². The first-order valence-electron chi connectivity index (χ1n) is 6.82. The van der Waals surface area contributed by atoms with Gasteiger partial charge >= 0.3 is 0 Å². The van der Waals surface area contributed by atoms with Crippen LogP contribution in [0.4, 0.5) is 0 Å². The SMILES string of the molecule is CC(N)CC1C2CC3CC(C2)CC1(C)C3. The molecule has 4 saturated carbocycles. The van der Waals surface area contributed by atoms with E-state index in [0.717, 1.165) is 23.7 Å². The van der Waals surface area contributed by atoms with Crippen molar-refractivity contribution in [2.45, 2.75) is 58.4 Å². The van der Waals surface area contributed by atoms with E-state index in [1.807, 2.05) is 0 Å². The summed E-state index contributed by atoms with van der Waals surface area (Å²) in [6, 6.07) is 0.407. The molecule has 4 bridgehead atoms. The summed E-state index contributed by atoms with van der Waals surface area (Å²) in [5, 5.41) is 0. The summed E-state index contributed by atoms with van der Waals surface area (Å²) in [5.41, 5.74) is 6.70. The molecule has 0 saturated heterocycles. The van der Waals surface area contributed by atoms with Crippen molar-refractivity contribution in [3.63, 3.8) is 0 Å². The quantitative estimate of drug-likeness (QED) is 0.739. The molecule has 15 heavy (non-hydrogen) atoms. The average Bonchev–Trinajstić information content (AvgIpc) is 2.09. The van der Waals surface area contributed by atoms with E-state index >= 15 is 0 Å². The fraction of sp³-hybridized carbons (Fsp3) is 1.00. The molecule has 1 nitrogen and oxygen atoms in total. The predicted octanol–water partition coefficient (Wildman–Crippen LogP) is 3.19. The molecule has 0 heterocycles. The first kappa shape index (κ1) is 10.1. The lowest BCUT2D eigenvalue weighted by Crippen LogP contribution is -2.52. The molecule has 2 N–H and O–H groups in total. The van der Waals surface area contributed by atoms with Gasteiger partial charge in [-0.3, -0.25) is 0 Å². The van der Waals surface area contributed by atoms with Gasteiger partial charge in [0.05, 0.1) is 0 Å². The number of hydrogen-bond donors (Lipinski definition) is 1. The molecule has 0 aromatic carbocycles. The van der Waals surface area contributed by atoms with Gasteiger partial charge in [-0.05, 0) is 74.5 Å². The van der Waals surface area contributed by atoms with Crippen LogP contribution in [0.1, 0.15) is 52.4 Å². The van der Waals surface area contributed by atoms with Gasteiger partial charge in [0.15, 0.2) is 0 Å². The lowest BCUT2D eigenvalue weighted by Gasteiger charge is -2.60. The van der Waals surface area contributed by atoms with Crippen LogP contribution in [0.25, 0.3) is 0 Å². The molecule has 4 unspecified atom stereocenters. The van der Waals surface area contributed by atoms with Crippen molar-refractivity contribution in [2.24, 2.45) is 34.8 Å². The van der Waals surface area contributed by atoms with Crippen LogP contribution in [0, 0.1) is 29.1 Å². The van der Waals surface area contributed by atoms with Crippen molar-refractivity contribution in [3.8, 4) is 0 Å². The molecule has 0 aliphatic heterocycles. The molecule has 86 valence electrons. The van der Waals surface area contributed by atoms with Gasteiger partial charge < -0.3 is 5.73 Å². The molecule has 0 radical (unpaired) electrons. The van der Waals surface area contributed by atoms with Crippen molar-refractivity contribution in [2.75, 3.05) is 0 Å². The lowest BCUT2D eigenvalue weighted by molar-refractivity contribution is -0.103. The van der Waals surface area contributed by atoms with Crippen LogP contribution in [0.3, 0.4) is 0 Å². The van der Waals surface area contributed by atoms with Crippen molar-refractivity contribution >= 4 is 0 Å². The maximum absolute atomic E-state index is 6.03. The van der Waals surface area contributed by atoms with Crippen molar-refractivity contribution < 1.29 is 0 Å². The second-order valence-corrected chi connectivity index (χ2v) is 7.08. The van der Waals surface area contributed by atoms with E-state index in [1.54, 1.807) is 6.42 Å². The second-order valence-electron chi connectivity index (χ2n) is 7.08. The molecule has 1 heteroatoms. The minimum Gasteiger partial charge on any atom is -0.328 e. The number of nitrogens with two attached hydrogens (primary N) is 1. The second kappa shape index (κ2) is 3.23. The van der Waals surface area contributed by atoms with Crippen LogP contribution in [0.2, 0.25) is 0 Å². The number of hydrogen-bond acceptors (Lipinski definition) is 1. The lowest BCUT2D eigenvalue weighted by atomic mass is 9.45. The Morgan fingerprint density at radius 1 is 1.20 bits per heavy atom. The van der Waals surface area contributed by atoms with E-state index in [1.165, 1.54) is 32.1 Å². The Bertz CT molecular complexity index is 244. The van der Waals surface area contributed by atoms with Gasteiger partial charge in [-0.15, -0.1) is 0 Å². The van der Waals surface area contributed by atoms with Crippen molar-refractivity contribution in [3.05, 3.63) is 0 Å². The Labute approximate surface area is 93.8 Å². The largest absolute Gasteiger partial charge is 0.328 e. The van der Waals surface area contributed by atoms with E-state index < -0.39 is 0 Å². The van der Waals surface area contributed by atoms with E-state index in [-0.39, 0.29) is 0 Å². The molecule has 0 amide bonds. The summed E-state index contributed by atoms with van der Waals surface area (Å²) >= 11 is 0. The highest BCUT2D eigenvalue weighted by atomic mass is 14.7. The fourth-order valence-corrected chi connectivity index (χ4v) is 5.43. The molecule has 4 rings (SSSR count). The van der Waals surface area contributed by atoms with Gasteiger partial charge in [-0.2, -0.15) is 0 Å². The summed E-state index contributed by atoms with van der Waals surface area (Å²) in [6.07, 6.45) is 8.92. The molecule has 0 aromatic heterocycles. The Hall–Kier alpha value is -0.0400. The average molecular weight is 207 g/mol. The molecule has 4 atom stereocenters. The predicted molar refractivity (Wildman–Crippen MR) is 63.4 cm³/mol. The third-order valence-corrected chi connectivity index (χ3v) is 5.54. The standard InChI is InChI=1S/C14H25N/c1-9(15)3-13-12-5-10-4-11(6-12)8-14(13,2)7-10/h9-13H,3-8,15H2,1-2H3. The first-order valence-corrected chi connectivity index (χ1v) is 6.82. The van der Waals surface area contributed by atoms with Crippen molar-refractivity contribution in [1.82, 2.24) is 0 Å². The highest BCUT2D eigenvalue weighted by Crippen LogP contribution is 2.63. The Morgan fingerprint density at radius 3 is 2.27 bits per heavy atom. The summed E-state index contributed by atoms with van der Waals surface area (Å²) in [4.78, 5) is 0. The van der Waals surface area contributed by atoms with Gasteiger partial charge in [0.25, 0.3) is 0 Å². The van der Waals surface area contributed by atoms with Crippen LogP contribution in [0.15, 0.2) is 0 Å². The molecule has 4 aliphatic rings. The summed E-state index contributed by atoms with van der Waals surface area (Å²) in [7, 11) is 0. The Kier molecular flexibility index (Phi) is 2.18. The van der Waals surface area contributed by atoms with E-state index in [4.69, 9.17) is 5.73 Å². The van der Waals surface area contributed by atoms with Crippen molar-refractivity contribution in [1.29, 1.82) is 0 Å². The minimum absolute atomic E-state index is 0.407. The zero-order valence-electron chi connectivity index (χ0n) is 10.2. The molecule has 4 aliphatic carbocycles. The van der Waals surface area contributed by atoms with Gasteiger partial charge in [-0.1, -0.05) is 6.92 Å². The summed E-state index contributed by atoms with van der Waals surface area (Å²) in [5.74, 6) is 4.14. The van der Waals surface area contributed by atoms with E-state index in [2.05, 4.69) is 13.8 Å². The highest BCUT2D eigenvalue weighted by molar-refractivity contribution is 5.04. The zero-order valence-corrected chi connectivity index (χ0v) is 10.2. The van der Waals surface area contributed by atoms with Crippen LogP contribution in [0.5, 0.6) is 0 Å². The first-order chi connectivity index (χ1) is 7.07. The third-order valence-electron chi connectivity index (χ3n) is 5.54. The zero-order chi connectivity index (χ0) is 10.6. The Balaban J connectivity index is 1.83. The highest BCUT2D eigenvalue weighted by Gasteiger charge is 2.54. The molecule has 0 spiro atoms. The number of rotatable bonds is 2. The molecule has 0 aromatic rings. The molecule has 4 fully saturated rings. The van der Waals surface area contributed by atoms with Gasteiger partial charge in [-0.25, -0.2) is 0 Å². The molecular formula is C14H25N. The smallest absolute Gasteiger partial charge is 0.00134 e. The van der Waals surface area contributed by atoms with Gasteiger partial charge in [0.2, 0.25) is 0 Å². The Morgan fingerprint density at radius 2 is 1.80 bits per heavy atom. The fourth-order valence-electron chi connectivity index (χ4n) is 5.43. The summed E-state index contributed by atoms with van der Waals surface area (Å²) < 4.78 is 0.